The smallest absolute Gasteiger partial charge is 0.371 e. The van der Waals surface area contributed by atoms with Crippen molar-refractivity contribution in [3.05, 3.63) is 54.0 Å². The third kappa shape index (κ3) is 2.52. The maximum Gasteiger partial charge on any atom is 0.371 e. The van der Waals surface area contributed by atoms with Crippen molar-refractivity contribution in [2.24, 2.45) is 0 Å². The second-order valence-electron chi connectivity index (χ2n) is 3.29. The third-order valence-corrected chi connectivity index (χ3v) is 2.07. The molecule has 17 heavy (non-hydrogen) atoms. The summed E-state index contributed by atoms with van der Waals surface area (Å²) in [4.78, 5) is 22.2. The number of anilines is 1. The highest BCUT2D eigenvalue weighted by Gasteiger charge is 2.14. The van der Waals surface area contributed by atoms with Crippen molar-refractivity contribution in [3.63, 3.8) is 0 Å². The lowest BCUT2D eigenvalue weighted by Gasteiger charge is -2.01. The number of amides is 1. The predicted molar refractivity (Wildman–Crippen MR) is 60.1 cm³/mol. The van der Waals surface area contributed by atoms with Gasteiger partial charge < -0.3 is 14.8 Å². The molecule has 0 unspecified atom stereocenters. The Kier molecular flexibility index (Phi) is 2.91. The summed E-state index contributed by atoms with van der Waals surface area (Å²) in [6.45, 7) is 0. The van der Waals surface area contributed by atoms with Crippen molar-refractivity contribution >= 4 is 17.6 Å². The van der Waals surface area contributed by atoms with Crippen LogP contribution >= 0.6 is 0 Å². The van der Waals surface area contributed by atoms with Crippen LogP contribution in [0.1, 0.15) is 21.1 Å². The number of hydrogen-bond donors (Lipinski definition) is 2. The number of carbonyl (C=O) groups is 2. The van der Waals surface area contributed by atoms with Crippen LogP contribution in [0.5, 0.6) is 0 Å². The van der Waals surface area contributed by atoms with E-state index in [1.807, 2.05) is 6.07 Å². The molecule has 1 heterocycles. The van der Waals surface area contributed by atoms with Crippen LogP contribution in [0, 0.1) is 0 Å². The van der Waals surface area contributed by atoms with E-state index in [2.05, 4.69) is 5.32 Å². The Labute approximate surface area is 96.7 Å². The van der Waals surface area contributed by atoms with E-state index in [9.17, 15) is 9.59 Å². The standard InChI is InChI=1S/C12H9NO4/c14-11(13-8-4-2-1-3-5-8)9-6-7-10(17-9)12(15)16/h1-7H,(H,13,14)(H,15,16). The van der Waals surface area contributed by atoms with Gasteiger partial charge in [-0.05, 0) is 24.3 Å². The van der Waals surface area contributed by atoms with E-state index in [1.165, 1.54) is 12.1 Å². The molecule has 5 heteroatoms. The summed E-state index contributed by atoms with van der Waals surface area (Å²) in [7, 11) is 0. The lowest BCUT2D eigenvalue weighted by atomic mass is 10.3. The fourth-order valence-electron chi connectivity index (χ4n) is 1.29. The highest BCUT2D eigenvalue weighted by atomic mass is 16.4. The number of rotatable bonds is 3. The van der Waals surface area contributed by atoms with Gasteiger partial charge in [-0.15, -0.1) is 0 Å². The molecule has 0 aliphatic heterocycles. The van der Waals surface area contributed by atoms with Crippen molar-refractivity contribution in [2.45, 2.75) is 0 Å². The van der Waals surface area contributed by atoms with Crippen LogP contribution in [0.3, 0.4) is 0 Å². The Hall–Kier alpha value is -2.56. The fraction of sp³-hybridized carbons (Fsp3) is 0. The van der Waals surface area contributed by atoms with Crippen LogP contribution in [0.15, 0.2) is 46.9 Å². The average Bonchev–Trinajstić information content (AvgIpc) is 2.79. The largest absolute Gasteiger partial charge is 0.475 e. The number of hydrogen-bond acceptors (Lipinski definition) is 3. The first kappa shape index (κ1) is 10.9. The van der Waals surface area contributed by atoms with E-state index in [4.69, 9.17) is 9.52 Å². The van der Waals surface area contributed by atoms with Crippen LogP contribution in [0.2, 0.25) is 0 Å². The van der Waals surface area contributed by atoms with Crippen molar-refractivity contribution in [3.8, 4) is 0 Å². The molecule has 2 rings (SSSR count). The van der Waals surface area contributed by atoms with E-state index >= 15 is 0 Å². The molecule has 0 fully saturated rings. The molecule has 0 bridgehead atoms. The van der Waals surface area contributed by atoms with Gasteiger partial charge >= 0.3 is 5.97 Å². The van der Waals surface area contributed by atoms with E-state index in [1.54, 1.807) is 24.3 Å². The van der Waals surface area contributed by atoms with Gasteiger partial charge in [-0.2, -0.15) is 0 Å². The number of nitrogens with one attached hydrogen (secondary N) is 1. The maximum atomic E-state index is 11.7. The van der Waals surface area contributed by atoms with E-state index in [0.29, 0.717) is 5.69 Å². The molecule has 1 aromatic carbocycles. The number of carboxylic acids is 1. The maximum absolute atomic E-state index is 11.7. The second-order valence-corrected chi connectivity index (χ2v) is 3.29. The van der Waals surface area contributed by atoms with E-state index in [0.717, 1.165) is 0 Å². The van der Waals surface area contributed by atoms with Gasteiger partial charge in [0.2, 0.25) is 5.76 Å². The SMILES string of the molecule is O=C(O)c1ccc(C(=O)Nc2ccccc2)o1. The second kappa shape index (κ2) is 4.52. The molecule has 1 aromatic heterocycles. The Morgan fingerprint density at radius 1 is 1.00 bits per heavy atom. The fourth-order valence-corrected chi connectivity index (χ4v) is 1.29. The summed E-state index contributed by atoms with van der Waals surface area (Å²) in [5.41, 5.74) is 0.616. The normalized spacial score (nSPS) is 9.88. The molecule has 86 valence electrons. The summed E-state index contributed by atoms with van der Waals surface area (Å²) in [6, 6.07) is 11.4. The molecule has 5 nitrogen and oxygen atoms in total. The lowest BCUT2D eigenvalue weighted by Crippen LogP contribution is -2.10. The van der Waals surface area contributed by atoms with Gasteiger partial charge in [-0.1, -0.05) is 18.2 Å². The van der Waals surface area contributed by atoms with Gasteiger partial charge in [0, 0.05) is 5.69 Å². The number of carboxylic acid groups (broad SMARTS) is 1. The van der Waals surface area contributed by atoms with Crippen LogP contribution in [0.4, 0.5) is 5.69 Å². The molecule has 0 aliphatic carbocycles. The van der Waals surface area contributed by atoms with Crippen molar-refractivity contribution < 1.29 is 19.1 Å². The van der Waals surface area contributed by atoms with Crippen molar-refractivity contribution in [1.29, 1.82) is 0 Å². The number of furan rings is 1. The molecule has 0 saturated carbocycles. The molecular weight excluding hydrogens is 222 g/mol. The molecule has 0 aliphatic rings. The highest BCUT2D eigenvalue weighted by molar-refractivity contribution is 6.02. The van der Waals surface area contributed by atoms with Crippen molar-refractivity contribution in [1.82, 2.24) is 0 Å². The predicted octanol–water partition coefficient (Wildman–Crippen LogP) is 2.23. The minimum Gasteiger partial charge on any atom is -0.475 e. The first-order chi connectivity index (χ1) is 8.16. The van der Waals surface area contributed by atoms with E-state index in [-0.39, 0.29) is 11.5 Å². The molecule has 1 amide bonds. The molecular formula is C12H9NO4. The Morgan fingerprint density at radius 3 is 2.24 bits per heavy atom. The van der Waals surface area contributed by atoms with Crippen molar-refractivity contribution in [2.75, 3.05) is 5.32 Å². The summed E-state index contributed by atoms with van der Waals surface area (Å²) in [5.74, 6) is -1.98. The summed E-state index contributed by atoms with van der Waals surface area (Å²) in [5, 5.41) is 11.2. The van der Waals surface area contributed by atoms with Gasteiger partial charge in [0.25, 0.3) is 5.91 Å². The monoisotopic (exact) mass is 231 g/mol. The minimum absolute atomic E-state index is 0.0359. The zero-order valence-electron chi connectivity index (χ0n) is 8.71. The summed E-state index contributed by atoms with van der Waals surface area (Å²) < 4.78 is 4.87. The Bertz CT molecular complexity index is 545. The van der Waals surface area contributed by atoms with Crippen LogP contribution < -0.4 is 5.32 Å². The molecule has 2 aromatic rings. The number of aromatic carboxylic acids is 1. The number of benzene rings is 1. The van der Waals surface area contributed by atoms with Gasteiger partial charge in [-0.25, -0.2) is 4.79 Å². The first-order valence-corrected chi connectivity index (χ1v) is 4.86. The van der Waals surface area contributed by atoms with Crippen LogP contribution in [-0.2, 0) is 0 Å². The summed E-state index contributed by atoms with van der Waals surface area (Å²) in [6.07, 6.45) is 0. The number of para-hydroxylation sites is 1. The quantitative estimate of drug-likeness (QED) is 0.848. The Balaban J connectivity index is 2.12. The lowest BCUT2D eigenvalue weighted by molar-refractivity contribution is 0.0660. The zero-order valence-corrected chi connectivity index (χ0v) is 8.71. The Morgan fingerprint density at radius 2 is 1.65 bits per heavy atom. The van der Waals surface area contributed by atoms with Gasteiger partial charge in [0.05, 0.1) is 0 Å². The average molecular weight is 231 g/mol. The molecule has 2 N–H and O–H groups in total. The van der Waals surface area contributed by atoms with Gasteiger partial charge in [0.1, 0.15) is 0 Å². The zero-order chi connectivity index (χ0) is 12.3. The molecule has 0 radical (unpaired) electrons. The van der Waals surface area contributed by atoms with Gasteiger partial charge in [0.15, 0.2) is 5.76 Å². The topological polar surface area (TPSA) is 79.5 Å². The highest BCUT2D eigenvalue weighted by Crippen LogP contribution is 2.11. The molecule has 0 spiro atoms. The van der Waals surface area contributed by atoms with E-state index < -0.39 is 11.9 Å². The molecule has 0 atom stereocenters. The van der Waals surface area contributed by atoms with Crippen LogP contribution in [0.25, 0.3) is 0 Å². The van der Waals surface area contributed by atoms with Gasteiger partial charge in [-0.3, -0.25) is 4.79 Å². The first-order valence-electron chi connectivity index (χ1n) is 4.86. The third-order valence-electron chi connectivity index (χ3n) is 2.07. The molecule has 0 saturated heterocycles. The number of carbonyl (C=O) groups excluding carboxylic acids is 1. The minimum atomic E-state index is -1.20. The van der Waals surface area contributed by atoms with Crippen LogP contribution in [-0.4, -0.2) is 17.0 Å². The summed E-state index contributed by atoms with van der Waals surface area (Å²) >= 11 is 0.